The quantitative estimate of drug-likeness (QED) is 0.698. The van der Waals surface area contributed by atoms with E-state index >= 15 is 0 Å². The fourth-order valence-corrected chi connectivity index (χ4v) is 2.34. The summed E-state index contributed by atoms with van der Waals surface area (Å²) in [6.07, 6.45) is 3.57. The first-order valence-electron chi connectivity index (χ1n) is 6.17. The molecule has 0 spiro atoms. The molecule has 3 rings (SSSR count). The van der Waals surface area contributed by atoms with Gasteiger partial charge in [0.05, 0.1) is 11.9 Å². The van der Waals surface area contributed by atoms with Gasteiger partial charge < -0.3 is 5.73 Å². The van der Waals surface area contributed by atoms with Gasteiger partial charge in [0.15, 0.2) is 5.82 Å². The predicted molar refractivity (Wildman–Crippen MR) is 88.7 cm³/mol. The molecule has 0 amide bonds. The Morgan fingerprint density at radius 3 is 2.60 bits per heavy atom. The fraction of sp³-hybridized carbons (Fsp3) is 0.0667. The Balaban J connectivity index is 2.05. The van der Waals surface area contributed by atoms with Crippen LogP contribution in [0.3, 0.4) is 0 Å². The van der Waals surface area contributed by atoms with Gasteiger partial charge in [0.1, 0.15) is 5.69 Å². The summed E-state index contributed by atoms with van der Waals surface area (Å²) in [5.74, 6) is 0.772. The van der Waals surface area contributed by atoms with E-state index in [-0.39, 0.29) is 0 Å². The van der Waals surface area contributed by atoms with Gasteiger partial charge in [0.2, 0.25) is 0 Å². The van der Waals surface area contributed by atoms with E-state index in [0.29, 0.717) is 5.69 Å². The lowest BCUT2D eigenvalue weighted by atomic mass is 10.1. The Bertz CT molecular complexity index is 747. The number of aryl methyl sites for hydroxylation is 1. The van der Waals surface area contributed by atoms with Gasteiger partial charge in [-0.25, -0.2) is 9.67 Å². The number of rotatable bonds is 2. The predicted octanol–water partition coefficient (Wildman–Crippen LogP) is 3.43. The van der Waals surface area contributed by atoms with Crippen molar-refractivity contribution in [2.45, 2.75) is 6.92 Å². The number of hydrogen-bond donors (Lipinski definition) is 1. The molecule has 0 radical (unpaired) electrons. The average molecular weight is 376 g/mol. The van der Waals surface area contributed by atoms with Crippen molar-refractivity contribution in [1.82, 2.24) is 14.8 Å². The molecule has 0 aliphatic rings. The van der Waals surface area contributed by atoms with Crippen LogP contribution in [0.25, 0.3) is 17.1 Å². The van der Waals surface area contributed by atoms with Crippen LogP contribution in [0.5, 0.6) is 0 Å². The first-order chi connectivity index (χ1) is 9.63. The summed E-state index contributed by atoms with van der Waals surface area (Å²) in [6, 6.07) is 12.1. The molecule has 0 saturated carbocycles. The van der Waals surface area contributed by atoms with Gasteiger partial charge in [-0.15, -0.1) is 0 Å². The van der Waals surface area contributed by atoms with Gasteiger partial charge in [-0.3, -0.25) is 0 Å². The zero-order valence-electron chi connectivity index (χ0n) is 10.9. The van der Waals surface area contributed by atoms with Crippen LogP contribution in [0.4, 0.5) is 5.69 Å². The van der Waals surface area contributed by atoms with Crippen molar-refractivity contribution in [3.05, 3.63) is 57.9 Å². The van der Waals surface area contributed by atoms with Gasteiger partial charge in [-0.1, -0.05) is 12.1 Å². The van der Waals surface area contributed by atoms with E-state index in [1.54, 1.807) is 17.1 Å². The third-order valence-corrected chi connectivity index (χ3v) is 3.72. The number of aromatic nitrogens is 3. The third kappa shape index (κ3) is 2.53. The first kappa shape index (κ1) is 13.1. The molecular formula is C15H13IN4. The monoisotopic (exact) mass is 376 g/mol. The maximum atomic E-state index is 6.07. The van der Waals surface area contributed by atoms with Crippen LogP contribution in [0, 0.1) is 10.5 Å². The van der Waals surface area contributed by atoms with Crippen molar-refractivity contribution in [1.29, 1.82) is 0 Å². The number of anilines is 1. The molecular weight excluding hydrogens is 363 g/mol. The van der Waals surface area contributed by atoms with Crippen LogP contribution in [-0.2, 0) is 0 Å². The number of hydrogen-bond acceptors (Lipinski definition) is 3. The van der Waals surface area contributed by atoms with Gasteiger partial charge in [-0.2, -0.15) is 5.10 Å². The van der Waals surface area contributed by atoms with Gasteiger partial charge >= 0.3 is 0 Å². The van der Waals surface area contributed by atoms with E-state index in [0.717, 1.165) is 22.6 Å². The molecule has 0 unspecified atom stereocenters. The maximum Gasteiger partial charge on any atom is 0.153 e. The molecule has 0 fully saturated rings. The molecule has 0 atom stereocenters. The van der Waals surface area contributed by atoms with E-state index in [1.165, 1.54) is 3.57 Å². The highest BCUT2D eigenvalue weighted by Gasteiger charge is 2.10. The normalized spacial score (nSPS) is 10.7. The lowest BCUT2D eigenvalue weighted by Gasteiger charge is -2.01. The molecule has 100 valence electrons. The SMILES string of the molecule is Cc1ccnc(-n2cc(N)c(-c3ccc(I)cc3)n2)c1. The number of halogens is 1. The van der Waals surface area contributed by atoms with Crippen LogP contribution in [-0.4, -0.2) is 14.8 Å². The molecule has 3 aromatic rings. The third-order valence-electron chi connectivity index (χ3n) is 3.00. The molecule has 4 nitrogen and oxygen atoms in total. The second kappa shape index (κ2) is 5.24. The van der Waals surface area contributed by atoms with Crippen LogP contribution in [0.15, 0.2) is 48.8 Å². The Morgan fingerprint density at radius 1 is 1.15 bits per heavy atom. The Labute approximate surface area is 130 Å². The topological polar surface area (TPSA) is 56.7 Å². The summed E-state index contributed by atoms with van der Waals surface area (Å²) in [4.78, 5) is 4.32. The summed E-state index contributed by atoms with van der Waals surface area (Å²) in [5, 5.41) is 4.55. The van der Waals surface area contributed by atoms with Crippen molar-refractivity contribution >= 4 is 28.3 Å². The zero-order chi connectivity index (χ0) is 14.1. The molecule has 0 saturated heterocycles. The van der Waals surface area contributed by atoms with Crippen LogP contribution >= 0.6 is 22.6 Å². The Kier molecular flexibility index (Phi) is 3.43. The van der Waals surface area contributed by atoms with Crippen LogP contribution in [0.2, 0.25) is 0 Å². The lowest BCUT2D eigenvalue weighted by Crippen LogP contribution is -1.98. The average Bonchev–Trinajstić information content (AvgIpc) is 2.82. The zero-order valence-corrected chi connectivity index (χ0v) is 13.1. The van der Waals surface area contributed by atoms with Crippen LogP contribution in [0.1, 0.15) is 5.56 Å². The maximum absolute atomic E-state index is 6.07. The highest BCUT2D eigenvalue weighted by molar-refractivity contribution is 14.1. The number of pyridine rings is 1. The van der Waals surface area contributed by atoms with Gasteiger partial charge in [0.25, 0.3) is 0 Å². The molecule has 0 aliphatic carbocycles. The molecule has 2 N–H and O–H groups in total. The fourth-order valence-electron chi connectivity index (χ4n) is 1.98. The van der Waals surface area contributed by atoms with E-state index in [4.69, 9.17) is 5.73 Å². The highest BCUT2D eigenvalue weighted by Crippen LogP contribution is 2.25. The minimum atomic E-state index is 0.648. The molecule has 5 heteroatoms. The molecule has 2 heterocycles. The minimum absolute atomic E-state index is 0.648. The molecule has 2 aromatic heterocycles. The second-order valence-corrected chi connectivity index (χ2v) is 5.82. The number of benzene rings is 1. The van der Waals surface area contributed by atoms with Crippen LogP contribution < -0.4 is 5.73 Å². The number of nitrogen functional groups attached to an aromatic ring is 1. The van der Waals surface area contributed by atoms with Crippen molar-refractivity contribution in [3.63, 3.8) is 0 Å². The largest absolute Gasteiger partial charge is 0.396 e. The summed E-state index contributed by atoms with van der Waals surface area (Å²) >= 11 is 2.28. The Morgan fingerprint density at radius 2 is 1.90 bits per heavy atom. The van der Waals surface area contributed by atoms with E-state index in [1.807, 2.05) is 43.3 Å². The molecule has 0 aliphatic heterocycles. The summed E-state index contributed by atoms with van der Waals surface area (Å²) in [6.45, 7) is 2.03. The number of nitrogens with zero attached hydrogens (tertiary/aromatic N) is 3. The minimum Gasteiger partial charge on any atom is -0.396 e. The highest BCUT2D eigenvalue weighted by atomic mass is 127. The summed E-state index contributed by atoms with van der Waals surface area (Å²) in [5.41, 5.74) is 9.65. The lowest BCUT2D eigenvalue weighted by molar-refractivity contribution is 0.848. The van der Waals surface area contributed by atoms with Crippen molar-refractivity contribution < 1.29 is 0 Å². The molecule has 0 bridgehead atoms. The van der Waals surface area contributed by atoms with E-state index in [9.17, 15) is 0 Å². The van der Waals surface area contributed by atoms with E-state index < -0.39 is 0 Å². The molecule has 20 heavy (non-hydrogen) atoms. The first-order valence-corrected chi connectivity index (χ1v) is 7.25. The summed E-state index contributed by atoms with van der Waals surface area (Å²) in [7, 11) is 0. The second-order valence-electron chi connectivity index (χ2n) is 4.58. The smallest absolute Gasteiger partial charge is 0.153 e. The van der Waals surface area contributed by atoms with Crippen molar-refractivity contribution in [2.24, 2.45) is 0 Å². The van der Waals surface area contributed by atoms with Crippen molar-refractivity contribution in [2.75, 3.05) is 5.73 Å². The number of nitrogens with two attached hydrogens (primary N) is 1. The summed E-state index contributed by atoms with van der Waals surface area (Å²) < 4.78 is 2.90. The van der Waals surface area contributed by atoms with E-state index in [2.05, 4.69) is 32.7 Å². The van der Waals surface area contributed by atoms with Gasteiger partial charge in [-0.05, 0) is 59.3 Å². The Hall–Kier alpha value is -1.89. The van der Waals surface area contributed by atoms with Crippen molar-refractivity contribution in [3.8, 4) is 17.1 Å². The van der Waals surface area contributed by atoms with Gasteiger partial charge in [0, 0.05) is 15.3 Å². The molecule has 1 aromatic carbocycles. The standard InChI is InChI=1S/C15H13IN4/c1-10-6-7-18-14(8-10)20-9-13(17)15(19-20)11-2-4-12(16)5-3-11/h2-9H,17H2,1H3.